The first-order valence-electron chi connectivity index (χ1n) is 5.21. The van der Waals surface area contributed by atoms with Gasteiger partial charge in [0.15, 0.2) is 5.78 Å². The van der Waals surface area contributed by atoms with Gasteiger partial charge in [-0.1, -0.05) is 0 Å². The zero-order valence-corrected chi connectivity index (χ0v) is 9.64. The second-order valence-corrected chi connectivity index (χ2v) is 4.99. The Morgan fingerprint density at radius 2 is 2.13 bits per heavy atom. The van der Waals surface area contributed by atoms with Gasteiger partial charge in [0.25, 0.3) is 0 Å². The summed E-state index contributed by atoms with van der Waals surface area (Å²) in [6.07, 6.45) is 1.24. The van der Waals surface area contributed by atoms with Crippen LogP contribution in [0.4, 0.5) is 5.69 Å². The molecule has 80 valence electrons. The van der Waals surface area contributed by atoms with Crippen molar-refractivity contribution in [2.75, 3.05) is 16.8 Å². The lowest BCUT2D eigenvalue weighted by Gasteiger charge is -2.12. The number of carbonyl (C=O) groups excluding carboxylic acids is 1. The van der Waals surface area contributed by atoms with Crippen molar-refractivity contribution in [1.82, 2.24) is 0 Å². The molecule has 2 rings (SSSR count). The number of benzene rings is 1. The summed E-state index contributed by atoms with van der Waals surface area (Å²) in [4.78, 5) is 11.1. The van der Waals surface area contributed by atoms with Crippen molar-refractivity contribution in [3.63, 3.8) is 0 Å². The molecule has 1 saturated heterocycles. The van der Waals surface area contributed by atoms with E-state index >= 15 is 0 Å². The molecule has 1 fully saturated rings. The summed E-state index contributed by atoms with van der Waals surface area (Å²) in [5.41, 5.74) is 1.90. The number of thioether (sulfide) groups is 1. The molecule has 3 heteroatoms. The predicted molar refractivity (Wildman–Crippen MR) is 65.8 cm³/mol. The fourth-order valence-electron chi connectivity index (χ4n) is 1.69. The molecule has 1 atom stereocenters. The zero-order chi connectivity index (χ0) is 10.7. The molecule has 15 heavy (non-hydrogen) atoms. The minimum Gasteiger partial charge on any atom is -0.381 e. The van der Waals surface area contributed by atoms with Gasteiger partial charge in [-0.3, -0.25) is 4.79 Å². The summed E-state index contributed by atoms with van der Waals surface area (Å²) in [5, 5.41) is 3.47. The molecule has 1 aliphatic rings. The molecule has 0 saturated carbocycles. The Morgan fingerprint density at radius 1 is 1.40 bits per heavy atom. The maximum Gasteiger partial charge on any atom is 0.159 e. The predicted octanol–water partition coefficient (Wildman–Crippen LogP) is 2.81. The summed E-state index contributed by atoms with van der Waals surface area (Å²) in [6.45, 7) is 1.59. The van der Waals surface area contributed by atoms with Crippen LogP contribution in [-0.2, 0) is 0 Å². The zero-order valence-electron chi connectivity index (χ0n) is 8.82. The Labute approximate surface area is 94.4 Å². The molecule has 0 aliphatic carbocycles. The molecule has 1 aromatic carbocycles. The molecule has 0 radical (unpaired) electrons. The minimum absolute atomic E-state index is 0.123. The van der Waals surface area contributed by atoms with Crippen LogP contribution in [0.2, 0.25) is 0 Å². The van der Waals surface area contributed by atoms with Crippen LogP contribution in [-0.4, -0.2) is 23.3 Å². The summed E-state index contributed by atoms with van der Waals surface area (Å²) in [7, 11) is 0. The number of carbonyl (C=O) groups is 1. The summed E-state index contributed by atoms with van der Waals surface area (Å²) in [5.74, 6) is 2.57. The van der Waals surface area contributed by atoms with Crippen molar-refractivity contribution in [3.8, 4) is 0 Å². The van der Waals surface area contributed by atoms with Crippen LogP contribution in [0.15, 0.2) is 24.3 Å². The van der Waals surface area contributed by atoms with E-state index in [4.69, 9.17) is 0 Å². The lowest BCUT2D eigenvalue weighted by molar-refractivity contribution is 0.101. The Bertz CT molecular complexity index is 341. The van der Waals surface area contributed by atoms with Crippen LogP contribution < -0.4 is 5.32 Å². The van der Waals surface area contributed by atoms with Crippen LogP contribution in [0.5, 0.6) is 0 Å². The van der Waals surface area contributed by atoms with Crippen molar-refractivity contribution >= 4 is 23.2 Å². The van der Waals surface area contributed by atoms with Crippen molar-refractivity contribution in [2.45, 2.75) is 19.4 Å². The third-order valence-electron chi connectivity index (χ3n) is 2.59. The highest BCUT2D eigenvalue weighted by Gasteiger charge is 2.14. The van der Waals surface area contributed by atoms with Gasteiger partial charge in [0.1, 0.15) is 0 Å². The largest absolute Gasteiger partial charge is 0.381 e. The van der Waals surface area contributed by atoms with Gasteiger partial charge < -0.3 is 5.32 Å². The second kappa shape index (κ2) is 4.71. The van der Waals surface area contributed by atoms with Crippen LogP contribution in [0.1, 0.15) is 23.7 Å². The quantitative estimate of drug-likeness (QED) is 0.796. The lowest BCUT2D eigenvalue weighted by Crippen LogP contribution is -2.17. The summed E-state index contributed by atoms with van der Waals surface area (Å²) in [6, 6.07) is 8.33. The number of nitrogens with one attached hydrogen (secondary N) is 1. The highest BCUT2D eigenvalue weighted by Crippen LogP contribution is 2.21. The average Bonchev–Trinajstić information content (AvgIpc) is 2.71. The van der Waals surface area contributed by atoms with Crippen LogP contribution in [0.3, 0.4) is 0 Å². The van der Waals surface area contributed by atoms with E-state index in [1.54, 1.807) is 6.92 Å². The van der Waals surface area contributed by atoms with Crippen LogP contribution in [0, 0.1) is 0 Å². The Kier molecular flexibility index (Phi) is 3.31. The van der Waals surface area contributed by atoms with Gasteiger partial charge in [0.05, 0.1) is 0 Å². The highest BCUT2D eigenvalue weighted by atomic mass is 32.2. The van der Waals surface area contributed by atoms with Crippen molar-refractivity contribution in [1.29, 1.82) is 0 Å². The van der Waals surface area contributed by atoms with Crippen LogP contribution in [0.25, 0.3) is 0 Å². The third kappa shape index (κ3) is 2.75. The van der Waals surface area contributed by atoms with E-state index in [9.17, 15) is 4.79 Å². The van der Waals surface area contributed by atoms with Crippen molar-refractivity contribution < 1.29 is 4.79 Å². The number of anilines is 1. The molecule has 2 nitrogen and oxygen atoms in total. The molecule has 1 heterocycles. The van der Waals surface area contributed by atoms with Crippen molar-refractivity contribution in [3.05, 3.63) is 29.8 Å². The van der Waals surface area contributed by atoms with E-state index in [2.05, 4.69) is 5.32 Å². The molecular formula is C12H15NOS. The normalized spacial score (nSPS) is 20.2. The van der Waals surface area contributed by atoms with Gasteiger partial charge in [0, 0.05) is 23.0 Å². The standard InChI is InChI=1S/C12H15NOS/c1-9(14)10-2-4-11(5-3-10)13-12-6-7-15-8-12/h2-5,12-13H,6-8H2,1H3. The monoisotopic (exact) mass is 221 g/mol. The minimum atomic E-state index is 0.123. The molecule has 0 bridgehead atoms. The Balaban J connectivity index is 2.00. The number of Topliss-reactive ketones (excluding diaryl/α,β-unsaturated/α-hetero) is 1. The highest BCUT2D eigenvalue weighted by molar-refractivity contribution is 7.99. The van der Waals surface area contributed by atoms with E-state index in [0.29, 0.717) is 6.04 Å². The third-order valence-corrected chi connectivity index (χ3v) is 3.75. The van der Waals surface area contributed by atoms with Gasteiger partial charge in [-0.2, -0.15) is 11.8 Å². The smallest absolute Gasteiger partial charge is 0.159 e. The first-order valence-corrected chi connectivity index (χ1v) is 6.36. The average molecular weight is 221 g/mol. The Hall–Kier alpha value is -0.960. The first-order chi connectivity index (χ1) is 7.25. The van der Waals surface area contributed by atoms with E-state index < -0.39 is 0 Å². The number of hydrogen-bond acceptors (Lipinski definition) is 3. The van der Waals surface area contributed by atoms with Gasteiger partial charge in [-0.25, -0.2) is 0 Å². The second-order valence-electron chi connectivity index (χ2n) is 3.84. The number of ketones is 1. The lowest BCUT2D eigenvalue weighted by atomic mass is 10.1. The molecule has 1 aliphatic heterocycles. The van der Waals surface area contributed by atoms with Crippen LogP contribution >= 0.6 is 11.8 Å². The van der Waals surface area contributed by atoms with E-state index in [1.165, 1.54) is 17.9 Å². The Morgan fingerprint density at radius 3 is 2.67 bits per heavy atom. The molecule has 1 N–H and O–H groups in total. The molecule has 0 aromatic heterocycles. The fourth-order valence-corrected chi connectivity index (χ4v) is 2.84. The fraction of sp³-hybridized carbons (Fsp3) is 0.417. The maximum atomic E-state index is 11.1. The topological polar surface area (TPSA) is 29.1 Å². The van der Waals surface area contributed by atoms with Gasteiger partial charge in [-0.15, -0.1) is 0 Å². The number of rotatable bonds is 3. The summed E-state index contributed by atoms with van der Waals surface area (Å²) >= 11 is 1.99. The van der Waals surface area contributed by atoms with E-state index in [-0.39, 0.29) is 5.78 Å². The molecule has 1 aromatic rings. The summed E-state index contributed by atoms with van der Waals surface area (Å²) < 4.78 is 0. The van der Waals surface area contributed by atoms with E-state index in [1.807, 2.05) is 36.0 Å². The number of hydrogen-bond donors (Lipinski definition) is 1. The first kappa shape index (κ1) is 10.6. The molecule has 0 spiro atoms. The van der Waals surface area contributed by atoms with Gasteiger partial charge in [-0.05, 0) is 43.4 Å². The molecule has 1 unspecified atom stereocenters. The van der Waals surface area contributed by atoms with Gasteiger partial charge in [0.2, 0.25) is 0 Å². The molecular weight excluding hydrogens is 206 g/mol. The SMILES string of the molecule is CC(=O)c1ccc(NC2CCSC2)cc1. The van der Waals surface area contributed by atoms with Gasteiger partial charge >= 0.3 is 0 Å². The maximum absolute atomic E-state index is 11.1. The van der Waals surface area contributed by atoms with E-state index in [0.717, 1.165) is 11.3 Å². The van der Waals surface area contributed by atoms with Crippen molar-refractivity contribution in [2.24, 2.45) is 0 Å². The molecule has 0 amide bonds.